The van der Waals surface area contributed by atoms with E-state index in [-0.39, 0.29) is 11.2 Å². The predicted molar refractivity (Wildman–Crippen MR) is 88.2 cm³/mol. The molecule has 1 N–H and O–H groups in total. The van der Waals surface area contributed by atoms with Crippen molar-refractivity contribution in [2.75, 3.05) is 7.05 Å². The van der Waals surface area contributed by atoms with Crippen LogP contribution < -0.4 is 5.32 Å². The molecule has 0 aromatic heterocycles. The summed E-state index contributed by atoms with van der Waals surface area (Å²) >= 11 is 6.21. The van der Waals surface area contributed by atoms with Gasteiger partial charge in [-0.25, -0.2) is 4.39 Å². The normalized spacial score (nSPS) is 26.9. The van der Waals surface area contributed by atoms with Gasteiger partial charge < -0.3 is 5.32 Å². The highest BCUT2D eigenvalue weighted by atomic mass is 35.5. The zero-order valence-corrected chi connectivity index (χ0v) is 14.3. The van der Waals surface area contributed by atoms with Gasteiger partial charge in [0.1, 0.15) is 5.82 Å². The Labute approximate surface area is 133 Å². The summed E-state index contributed by atoms with van der Waals surface area (Å²) in [4.78, 5) is 0. The fraction of sp³-hybridized carbons (Fsp3) is 0.667. The molecule has 118 valence electrons. The number of rotatable bonds is 4. The molecule has 1 aromatic carbocycles. The smallest absolute Gasteiger partial charge is 0.127 e. The summed E-state index contributed by atoms with van der Waals surface area (Å²) in [7, 11) is 2.04. The Morgan fingerprint density at radius 3 is 2.67 bits per heavy atom. The average molecular weight is 312 g/mol. The number of hydrogen-bond acceptors (Lipinski definition) is 1. The van der Waals surface area contributed by atoms with Crippen molar-refractivity contribution in [2.45, 2.75) is 52.5 Å². The highest BCUT2D eigenvalue weighted by Gasteiger charge is 2.39. The van der Waals surface area contributed by atoms with Crippen molar-refractivity contribution >= 4 is 11.6 Å². The first kappa shape index (κ1) is 16.8. The van der Waals surface area contributed by atoms with Crippen molar-refractivity contribution in [1.82, 2.24) is 5.32 Å². The number of nitrogens with one attached hydrogen (secondary N) is 1. The average Bonchev–Trinajstić information content (AvgIpc) is 2.42. The number of benzene rings is 1. The minimum absolute atomic E-state index is 0.0274. The van der Waals surface area contributed by atoms with Gasteiger partial charge in [0.25, 0.3) is 0 Å². The molecule has 0 radical (unpaired) electrons. The molecule has 21 heavy (non-hydrogen) atoms. The van der Waals surface area contributed by atoms with Crippen molar-refractivity contribution in [3.8, 4) is 0 Å². The molecule has 1 saturated carbocycles. The van der Waals surface area contributed by atoms with Gasteiger partial charge >= 0.3 is 0 Å². The van der Waals surface area contributed by atoms with Gasteiger partial charge in [-0.15, -0.1) is 0 Å². The Hall–Kier alpha value is -0.600. The molecule has 1 nitrogen and oxygen atoms in total. The highest BCUT2D eigenvalue weighted by molar-refractivity contribution is 6.31. The van der Waals surface area contributed by atoms with E-state index in [2.05, 4.69) is 26.1 Å². The minimum Gasteiger partial charge on any atom is -0.317 e. The number of hydrogen-bond donors (Lipinski definition) is 1. The largest absolute Gasteiger partial charge is 0.317 e. The van der Waals surface area contributed by atoms with Crippen molar-refractivity contribution in [1.29, 1.82) is 0 Å². The van der Waals surface area contributed by atoms with Crippen molar-refractivity contribution in [2.24, 2.45) is 17.3 Å². The lowest BCUT2D eigenvalue weighted by atomic mass is 9.64. The molecule has 1 aliphatic rings. The summed E-state index contributed by atoms with van der Waals surface area (Å²) < 4.78 is 14.1. The first-order chi connectivity index (χ1) is 9.85. The molecular formula is C18H27ClFN. The van der Waals surface area contributed by atoms with E-state index in [1.165, 1.54) is 25.3 Å². The Bertz CT molecular complexity index is 466. The third-order valence-electron chi connectivity index (χ3n) is 5.18. The van der Waals surface area contributed by atoms with Gasteiger partial charge in [-0.2, -0.15) is 0 Å². The Morgan fingerprint density at radius 1 is 1.33 bits per heavy atom. The van der Waals surface area contributed by atoms with Gasteiger partial charge in [-0.3, -0.25) is 0 Å². The molecule has 1 aliphatic carbocycles. The first-order valence-electron chi connectivity index (χ1n) is 7.95. The summed E-state index contributed by atoms with van der Waals surface area (Å²) in [6.45, 7) is 6.82. The second-order valence-corrected chi connectivity index (χ2v) is 7.69. The van der Waals surface area contributed by atoms with E-state index in [0.29, 0.717) is 29.0 Å². The van der Waals surface area contributed by atoms with Crippen LogP contribution in [0.1, 0.15) is 45.6 Å². The van der Waals surface area contributed by atoms with Crippen LogP contribution in [-0.4, -0.2) is 13.1 Å². The van der Waals surface area contributed by atoms with Crippen LogP contribution in [0.2, 0.25) is 5.02 Å². The molecule has 3 atom stereocenters. The maximum Gasteiger partial charge on any atom is 0.127 e. The lowest BCUT2D eigenvalue weighted by Crippen LogP contribution is -2.46. The van der Waals surface area contributed by atoms with Gasteiger partial charge in [0, 0.05) is 16.6 Å². The maximum atomic E-state index is 14.1. The fourth-order valence-corrected chi connectivity index (χ4v) is 4.15. The number of halogens is 2. The summed E-state index contributed by atoms with van der Waals surface area (Å²) in [5.41, 5.74) is 0.692. The van der Waals surface area contributed by atoms with Crippen molar-refractivity contribution in [3.63, 3.8) is 0 Å². The molecule has 1 fully saturated rings. The van der Waals surface area contributed by atoms with Gasteiger partial charge in [0.05, 0.1) is 0 Å². The molecule has 3 heteroatoms. The SMILES string of the molecule is CNC1CC(C)CCC1C(C)(C)Cc1c(F)cccc1Cl. The van der Waals surface area contributed by atoms with E-state index < -0.39 is 0 Å². The molecule has 0 amide bonds. The molecule has 2 rings (SSSR count). The zero-order valence-electron chi connectivity index (χ0n) is 13.5. The Morgan fingerprint density at radius 2 is 2.05 bits per heavy atom. The van der Waals surface area contributed by atoms with Gasteiger partial charge in [0.15, 0.2) is 0 Å². The maximum absolute atomic E-state index is 14.1. The van der Waals surface area contributed by atoms with Crippen LogP contribution in [0.4, 0.5) is 4.39 Å². The van der Waals surface area contributed by atoms with Crippen LogP contribution in [-0.2, 0) is 6.42 Å². The zero-order chi connectivity index (χ0) is 15.6. The van der Waals surface area contributed by atoms with Crippen LogP contribution in [0.25, 0.3) is 0 Å². The summed E-state index contributed by atoms with van der Waals surface area (Å²) in [5.74, 6) is 1.14. The Kier molecular flexibility index (Phi) is 5.32. The van der Waals surface area contributed by atoms with Crippen LogP contribution in [0.15, 0.2) is 18.2 Å². The molecule has 1 aromatic rings. The monoisotopic (exact) mass is 311 g/mol. The van der Waals surface area contributed by atoms with E-state index in [1.54, 1.807) is 12.1 Å². The fourth-order valence-electron chi connectivity index (χ4n) is 3.92. The first-order valence-corrected chi connectivity index (χ1v) is 8.33. The molecule has 0 saturated heterocycles. The molecule has 0 bridgehead atoms. The van der Waals surface area contributed by atoms with Crippen LogP contribution in [0, 0.1) is 23.1 Å². The van der Waals surface area contributed by atoms with Gasteiger partial charge in [0.2, 0.25) is 0 Å². The van der Waals surface area contributed by atoms with Crippen LogP contribution >= 0.6 is 11.6 Å². The van der Waals surface area contributed by atoms with Crippen LogP contribution in [0.5, 0.6) is 0 Å². The second-order valence-electron chi connectivity index (χ2n) is 7.29. The summed E-state index contributed by atoms with van der Waals surface area (Å²) in [6, 6.07) is 5.48. The summed E-state index contributed by atoms with van der Waals surface area (Å²) in [5, 5.41) is 4.03. The van der Waals surface area contributed by atoms with Gasteiger partial charge in [-0.1, -0.05) is 44.9 Å². The molecule has 0 aliphatic heterocycles. The molecule has 0 heterocycles. The lowest BCUT2D eigenvalue weighted by Gasteiger charge is -2.44. The quantitative estimate of drug-likeness (QED) is 0.818. The van der Waals surface area contributed by atoms with Crippen molar-refractivity contribution in [3.05, 3.63) is 34.6 Å². The molecule has 3 unspecified atom stereocenters. The summed E-state index contributed by atoms with van der Waals surface area (Å²) in [6.07, 6.45) is 4.36. The third-order valence-corrected chi connectivity index (χ3v) is 5.54. The topological polar surface area (TPSA) is 12.0 Å². The van der Waals surface area contributed by atoms with Gasteiger partial charge in [-0.05, 0) is 55.7 Å². The van der Waals surface area contributed by atoms with Crippen molar-refractivity contribution < 1.29 is 4.39 Å². The van der Waals surface area contributed by atoms with E-state index >= 15 is 0 Å². The molecular weight excluding hydrogens is 285 g/mol. The predicted octanol–water partition coefficient (Wildman–Crippen LogP) is 5.07. The van der Waals surface area contributed by atoms with E-state index in [9.17, 15) is 4.39 Å². The second kappa shape index (κ2) is 6.66. The third kappa shape index (κ3) is 3.78. The Balaban J connectivity index is 2.21. The lowest BCUT2D eigenvalue weighted by molar-refractivity contribution is 0.0973. The minimum atomic E-state index is -0.180. The van der Waals surface area contributed by atoms with E-state index in [0.717, 1.165) is 5.92 Å². The van der Waals surface area contributed by atoms with E-state index in [4.69, 9.17) is 11.6 Å². The standard InChI is InChI=1S/C18H27ClFN/c1-12-8-9-14(17(10-12)21-4)18(2,3)11-13-15(19)6-5-7-16(13)20/h5-7,12,14,17,21H,8-11H2,1-4H3. The molecule has 0 spiro atoms. The van der Waals surface area contributed by atoms with Crippen LogP contribution in [0.3, 0.4) is 0 Å². The van der Waals surface area contributed by atoms with E-state index in [1.807, 2.05) is 7.05 Å². The highest BCUT2D eigenvalue weighted by Crippen LogP contribution is 2.43.